The number of hydrogen-bond donors (Lipinski definition) is 0. The van der Waals surface area contributed by atoms with E-state index in [-0.39, 0.29) is 17.9 Å². The average Bonchev–Trinajstić information content (AvgIpc) is 2.89. The van der Waals surface area contributed by atoms with E-state index in [1.54, 1.807) is 4.90 Å². The maximum absolute atomic E-state index is 13.6. The molecule has 0 atom stereocenters. The van der Waals surface area contributed by atoms with Crippen LogP contribution in [0.2, 0.25) is 0 Å². The molecule has 0 saturated heterocycles. The van der Waals surface area contributed by atoms with E-state index in [0.29, 0.717) is 10.5 Å². The molecule has 29 heavy (non-hydrogen) atoms. The molecule has 0 radical (unpaired) electrons. The normalized spacial score (nSPS) is 18.5. The van der Waals surface area contributed by atoms with E-state index < -0.39 is 0 Å². The number of carbonyl (C=O) groups is 2. The van der Waals surface area contributed by atoms with Crippen LogP contribution in [0.15, 0.2) is 58.3 Å². The average molecular weight is 406 g/mol. The Hall–Kier alpha value is -2.33. The molecule has 0 unspecified atom stereocenters. The van der Waals surface area contributed by atoms with Crippen LogP contribution in [-0.2, 0) is 9.59 Å². The van der Waals surface area contributed by atoms with Gasteiger partial charge < -0.3 is 0 Å². The third-order valence-electron chi connectivity index (χ3n) is 6.02. The molecule has 1 fully saturated rings. The van der Waals surface area contributed by atoms with Crippen LogP contribution in [0.3, 0.4) is 0 Å². The first kappa shape index (κ1) is 20.0. The maximum Gasteiger partial charge on any atom is 0.268 e. The van der Waals surface area contributed by atoms with Gasteiger partial charge in [0.2, 0.25) is 0 Å². The van der Waals surface area contributed by atoms with Crippen LogP contribution in [0.5, 0.6) is 0 Å². The standard InChI is InChI=1S/C25H27NO2S/c1-17-14-15-19(16-18(17)2)22-23(29-21-12-8-5-9-13-21)25(28)26(24(22)27)20-10-6-3-4-7-11-20/h5,8-9,12-16,20H,3-4,6-7,10-11H2,1-2H3. The van der Waals surface area contributed by atoms with Crippen LogP contribution in [0, 0.1) is 13.8 Å². The second-order valence-electron chi connectivity index (χ2n) is 8.04. The van der Waals surface area contributed by atoms with Gasteiger partial charge in [-0.15, -0.1) is 0 Å². The summed E-state index contributed by atoms with van der Waals surface area (Å²) >= 11 is 1.42. The predicted octanol–water partition coefficient (Wildman–Crippen LogP) is 5.90. The molecule has 2 aromatic rings. The molecule has 1 heterocycles. The Morgan fingerprint density at radius 3 is 2.17 bits per heavy atom. The largest absolute Gasteiger partial charge is 0.271 e. The summed E-state index contributed by atoms with van der Waals surface area (Å²) in [5, 5.41) is 0. The van der Waals surface area contributed by atoms with Gasteiger partial charge in [0.15, 0.2) is 0 Å². The molecule has 4 rings (SSSR count). The minimum absolute atomic E-state index is 0.0212. The first-order valence-electron chi connectivity index (χ1n) is 10.5. The van der Waals surface area contributed by atoms with Crippen LogP contribution in [-0.4, -0.2) is 22.8 Å². The topological polar surface area (TPSA) is 37.4 Å². The first-order valence-corrected chi connectivity index (χ1v) is 11.3. The van der Waals surface area contributed by atoms with Crippen LogP contribution in [0.25, 0.3) is 5.57 Å². The fourth-order valence-corrected chi connectivity index (χ4v) is 5.25. The van der Waals surface area contributed by atoms with Crippen molar-refractivity contribution in [2.45, 2.75) is 63.3 Å². The van der Waals surface area contributed by atoms with Crippen molar-refractivity contribution in [2.24, 2.45) is 0 Å². The highest BCUT2D eigenvalue weighted by atomic mass is 32.2. The second kappa shape index (κ2) is 8.58. The number of nitrogens with zero attached hydrogens (tertiary/aromatic N) is 1. The Bertz CT molecular complexity index is 956. The summed E-state index contributed by atoms with van der Waals surface area (Å²) < 4.78 is 0. The predicted molar refractivity (Wildman–Crippen MR) is 118 cm³/mol. The summed E-state index contributed by atoms with van der Waals surface area (Å²) in [7, 11) is 0. The number of benzene rings is 2. The Morgan fingerprint density at radius 1 is 0.828 bits per heavy atom. The number of hydrogen-bond acceptors (Lipinski definition) is 3. The third kappa shape index (κ3) is 4.04. The lowest BCUT2D eigenvalue weighted by atomic mass is 10.00. The van der Waals surface area contributed by atoms with Crippen molar-refractivity contribution in [3.8, 4) is 0 Å². The molecule has 1 aliphatic heterocycles. The minimum Gasteiger partial charge on any atom is -0.271 e. The molecular formula is C25H27NO2S. The number of aryl methyl sites for hydroxylation is 2. The summed E-state index contributed by atoms with van der Waals surface area (Å²) in [6, 6.07) is 15.9. The molecule has 2 aliphatic rings. The molecule has 3 nitrogen and oxygen atoms in total. The van der Waals surface area contributed by atoms with Gasteiger partial charge in [0.05, 0.1) is 10.5 Å². The second-order valence-corrected chi connectivity index (χ2v) is 9.13. The van der Waals surface area contributed by atoms with Gasteiger partial charge in [0.25, 0.3) is 11.8 Å². The molecule has 0 bridgehead atoms. The zero-order valence-corrected chi connectivity index (χ0v) is 17.9. The van der Waals surface area contributed by atoms with Gasteiger partial charge in [0.1, 0.15) is 0 Å². The zero-order valence-electron chi connectivity index (χ0n) is 17.1. The van der Waals surface area contributed by atoms with Gasteiger partial charge in [-0.05, 0) is 55.5 Å². The van der Waals surface area contributed by atoms with Gasteiger partial charge >= 0.3 is 0 Å². The van der Waals surface area contributed by atoms with E-state index in [1.807, 2.05) is 55.5 Å². The zero-order chi connectivity index (χ0) is 20.4. The fourth-order valence-electron chi connectivity index (χ4n) is 4.23. The third-order valence-corrected chi connectivity index (χ3v) is 7.11. The summed E-state index contributed by atoms with van der Waals surface area (Å²) in [5.74, 6) is -0.243. The van der Waals surface area contributed by atoms with Crippen LogP contribution in [0.1, 0.15) is 55.2 Å². The van der Waals surface area contributed by atoms with Crippen molar-refractivity contribution >= 4 is 29.1 Å². The van der Waals surface area contributed by atoms with E-state index in [1.165, 1.54) is 30.2 Å². The number of amides is 2. The van der Waals surface area contributed by atoms with Gasteiger partial charge in [-0.3, -0.25) is 14.5 Å². The summed E-state index contributed by atoms with van der Waals surface area (Å²) in [4.78, 5) is 30.2. The lowest BCUT2D eigenvalue weighted by Gasteiger charge is -2.25. The van der Waals surface area contributed by atoms with Crippen molar-refractivity contribution in [2.75, 3.05) is 0 Å². The number of imide groups is 1. The van der Waals surface area contributed by atoms with Crippen molar-refractivity contribution in [1.29, 1.82) is 0 Å². The van der Waals surface area contributed by atoms with Gasteiger partial charge in [-0.1, -0.05) is 73.8 Å². The molecule has 2 aromatic carbocycles. The van der Waals surface area contributed by atoms with Crippen molar-refractivity contribution in [3.63, 3.8) is 0 Å². The molecule has 2 amide bonds. The quantitative estimate of drug-likeness (QED) is 0.469. The van der Waals surface area contributed by atoms with Crippen molar-refractivity contribution < 1.29 is 9.59 Å². The molecule has 1 aliphatic carbocycles. The lowest BCUT2D eigenvalue weighted by molar-refractivity contribution is -0.139. The van der Waals surface area contributed by atoms with E-state index >= 15 is 0 Å². The Kier molecular flexibility index (Phi) is 5.91. The Labute approximate surface area is 177 Å². The van der Waals surface area contributed by atoms with E-state index in [4.69, 9.17) is 0 Å². The number of thioether (sulfide) groups is 1. The van der Waals surface area contributed by atoms with Crippen LogP contribution < -0.4 is 0 Å². The van der Waals surface area contributed by atoms with E-state index in [0.717, 1.165) is 41.7 Å². The highest BCUT2D eigenvalue weighted by molar-refractivity contribution is 8.04. The van der Waals surface area contributed by atoms with Crippen molar-refractivity contribution in [1.82, 2.24) is 4.90 Å². The van der Waals surface area contributed by atoms with Gasteiger partial charge in [-0.25, -0.2) is 0 Å². The number of rotatable bonds is 4. The van der Waals surface area contributed by atoms with Crippen LogP contribution in [0.4, 0.5) is 0 Å². The van der Waals surface area contributed by atoms with Gasteiger partial charge in [-0.2, -0.15) is 0 Å². The molecule has 4 heteroatoms. The molecular weight excluding hydrogens is 378 g/mol. The highest BCUT2D eigenvalue weighted by Crippen LogP contribution is 2.42. The summed E-state index contributed by atoms with van der Waals surface area (Å²) in [6.45, 7) is 4.11. The van der Waals surface area contributed by atoms with Crippen molar-refractivity contribution in [3.05, 3.63) is 70.1 Å². The minimum atomic E-state index is -0.122. The Morgan fingerprint density at radius 2 is 1.52 bits per heavy atom. The smallest absolute Gasteiger partial charge is 0.268 e. The molecule has 0 N–H and O–H groups in total. The molecule has 0 spiro atoms. The Balaban J connectivity index is 1.76. The summed E-state index contributed by atoms with van der Waals surface area (Å²) in [6.07, 6.45) is 6.39. The monoisotopic (exact) mass is 405 g/mol. The first-order chi connectivity index (χ1) is 14.1. The van der Waals surface area contributed by atoms with E-state index in [9.17, 15) is 9.59 Å². The van der Waals surface area contributed by atoms with Crippen LogP contribution >= 0.6 is 11.8 Å². The fraction of sp³-hybridized carbons (Fsp3) is 0.360. The highest BCUT2D eigenvalue weighted by Gasteiger charge is 2.43. The summed E-state index contributed by atoms with van der Waals surface area (Å²) in [5.41, 5.74) is 3.73. The molecule has 150 valence electrons. The SMILES string of the molecule is Cc1ccc(C2=C(Sc3ccccc3)C(=O)N(C3CCCCCC3)C2=O)cc1C. The maximum atomic E-state index is 13.6. The molecule has 0 aromatic heterocycles. The van der Waals surface area contributed by atoms with E-state index in [2.05, 4.69) is 6.92 Å². The molecule has 1 saturated carbocycles. The van der Waals surface area contributed by atoms with Gasteiger partial charge in [0, 0.05) is 10.9 Å². The number of carbonyl (C=O) groups excluding carboxylic acids is 2. The lowest BCUT2D eigenvalue weighted by Crippen LogP contribution is -2.40.